The molecular formula is C29H30N4O. The zero-order valence-corrected chi connectivity index (χ0v) is 19.9. The van der Waals surface area contributed by atoms with Gasteiger partial charge in [0.05, 0.1) is 11.4 Å². The second-order valence-corrected chi connectivity index (χ2v) is 8.61. The van der Waals surface area contributed by atoms with E-state index in [4.69, 9.17) is 4.99 Å². The molecule has 34 heavy (non-hydrogen) atoms. The zero-order chi connectivity index (χ0) is 23.9. The Balaban J connectivity index is 1.66. The van der Waals surface area contributed by atoms with Gasteiger partial charge in [0.1, 0.15) is 0 Å². The molecular weight excluding hydrogens is 420 g/mol. The van der Waals surface area contributed by atoms with Crippen molar-refractivity contribution in [1.29, 1.82) is 0 Å². The Hall–Kier alpha value is -3.88. The molecule has 0 aliphatic carbocycles. The SMILES string of the molecule is CCNC(=O)C#Cc1ccc2c(c1)NCC2C(=Nc1ccc(CN(C)C)cc1)c1ccccc1. The van der Waals surface area contributed by atoms with E-state index in [1.54, 1.807) is 0 Å². The number of carbonyl (C=O) groups excluding carboxylic acids is 1. The number of hydrogen-bond acceptors (Lipinski definition) is 4. The van der Waals surface area contributed by atoms with Gasteiger partial charge in [-0.1, -0.05) is 54.5 Å². The first-order chi connectivity index (χ1) is 16.5. The van der Waals surface area contributed by atoms with Gasteiger partial charge in [-0.15, -0.1) is 0 Å². The van der Waals surface area contributed by atoms with Crippen LogP contribution in [0.2, 0.25) is 0 Å². The van der Waals surface area contributed by atoms with Crippen molar-refractivity contribution in [2.45, 2.75) is 19.4 Å². The molecule has 3 aromatic carbocycles. The second-order valence-electron chi connectivity index (χ2n) is 8.61. The van der Waals surface area contributed by atoms with Crippen LogP contribution in [0.4, 0.5) is 11.4 Å². The molecule has 4 rings (SSSR count). The number of fused-ring (bicyclic) bond motifs is 1. The van der Waals surface area contributed by atoms with Gasteiger partial charge in [-0.2, -0.15) is 0 Å². The largest absolute Gasteiger partial charge is 0.384 e. The van der Waals surface area contributed by atoms with Crippen molar-refractivity contribution < 1.29 is 4.79 Å². The molecule has 5 nitrogen and oxygen atoms in total. The van der Waals surface area contributed by atoms with Crippen molar-refractivity contribution >= 4 is 23.0 Å². The lowest BCUT2D eigenvalue weighted by Crippen LogP contribution is -2.20. The summed E-state index contributed by atoms with van der Waals surface area (Å²) in [5.41, 5.74) is 7.40. The zero-order valence-electron chi connectivity index (χ0n) is 19.9. The number of nitrogens with zero attached hydrogens (tertiary/aromatic N) is 2. The molecule has 2 N–H and O–H groups in total. The van der Waals surface area contributed by atoms with E-state index >= 15 is 0 Å². The minimum absolute atomic E-state index is 0.115. The Kier molecular flexibility index (Phi) is 7.41. The van der Waals surface area contributed by atoms with Crippen LogP contribution in [0.1, 0.15) is 35.1 Å². The lowest BCUT2D eigenvalue weighted by molar-refractivity contribution is -0.115. The van der Waals surface area contributed by atoms with Crippen molar-refractivity contribution in [3.05, 3.63) is 95.1 Å². The van der Waals surface area contributed by atoms with Crippen LogP contribution in [-0.2, 0) is 11.3 Å². The number of amides is 1. The van der Waals surface area contributed by atoms with E-state index in [1.165, 1.54) is 11.1 Å². The standard InChI is InChI=1S/C29H30N4O/c1-4-30-28(34)17-13-21-12-16-25-26(19-31-27(25)18-21)29(23-8-6-5-7-9-23)32-24-14-10-22(11-15-24)20-33(2)3/h5-12,14-16,18,26,31H,4,19-20H2,1-3H3,(H,30,34). The van der Waals surface area contributed by atoms with Gasteiger partial charge < -0.3 is 15.5 Å². The second kappa shape index (κ2) is 10.8. The third-order valence-corrected chi connectivity index (χ3v) is 5.67. The molecule has 0 fully saturated rings. The van der Waals surface area contributed by atoms with Crippen LogP contribution in [0, 0.1) is 11.8 Å². The predicted molar refractivity (Wildman–Crippen MR) is 140 cm³/mol. The summed E-state index contributed by atoms with van der Waals surface area (Å²) in [6.07, 6.45) is 0. The van der Waals surface area contributed by atoms with E-state index in [-0.39, 0.29) is 11.8 Å². The van der Waals surface area contributed by atoms with Crippen LogP contribution < -0.4 is 10.6 Å². The normalized spacial score (nSPS) is 14.7. The number of aliphatic imine (C=N–C) groups is 1. The van der Waals surface area contributed by atoms with Crippen LogP contribution in [0.25, 0.3) is 0 Å². The van der Waals surface area contributed by atoms with Gasteiger partial charge in [0.15, 0.2) is 0 Å². The van der Waals surface area contributed by atoms with E-state index in [0.29, 0.717) is 6.54 Å². The molecule has 172 valence electrons. The van der Waals surface area contributed by atoms with Crippen LogP contribution in [0.15, 0.2) is 77.8 Å². The Labute approximate surface area is 201 Å². The summed E-state index contributed by atoms with van der Waals surface area (Å²) in [5, 5.41) is 6.21. The van der Waals surface area contributed by atoms with Crippen LogP contribution >= 0.6 is 0 Å². The lowest BCUT2D eigenvalue weighted by atomic mass is 9.90. The summed E-state index contributed by atoms with van der Waals surface area (Å²) in [6, 6.07) is 24.9. The van der Waals surface area contributed by atoms with E-state index in [9.17, 15) is 4.79 Å². The first kappa shape index (κ1) is 23.3. The highest BCUT2D eigenvalue weighted by atomic mass is 16.1. The first-order valence-electron chi connectivity index (χ1n) is 11.6. The molecule has 3 aromatic rings. The molecule has 0 saturated heterocycles. The van der Waals surface area contributed by atoms with Gasteiger partial charge in [0.2, 0.25) is 0 Å². The molecule has 1 aliphatic rings. The molecule has 1 amide bonds. The average molecular weight is 451 g/mol. The van der Waals surface area contributed by atoms with E-state index < -0.39 is 0 Å². The summed E-state index contributed by atoms with van der Waals surface area (Å²) in [7, 11) is 4.14. The fourth-order valence-electron chi connectivity index (χ4n) is 4.12. The summed E-state index contributed by atoms with van der Waals surface area (Å²) >= 11 is 0. The minimum atomic E-state index is -0.260. The number of rotatable bonds is 6. The Morgan fingerprint density at radius 2 is 1.85 bits per heavy atom. The number of hydrogen-bond donors (Lipinski definition) is 2. The molecule has 5 heteroatoms. The molecule has 0 saturated carbocycles. The van der Waals surface area contributed by atoms with Crippen molar-refractivity contribution in [1.82, 2.24) is 10.2 Å². The number of benzene rings is 3. The van der Waals surface area contributed by atoms with Crippen molar-refractivity contribution in [3.63, 3.8) is 0 Å². The first-order valence-corrected chi connectivity index (χ1v) is 11.6. The maximum Gasteiger partial charge on any atom is 0.296 e. The Bertz CT molecular complexity index is 1230. The summed E-state index contributed by atoms with van der Waals surface area (Å²) in [4.78, 5) is 18.9. The highest BCUT2D eigenvalue weighted by Gasteiger charge is 2.28. The van der Waals surface area contributed by atoms with E-state index in [1.807, 2.05) is 37.3 Å². The van der Waals surface area contributed by atoms with E-state index in [0.717, 1.165) is 41.3 Å². The molecule has 0 radical (unpaired) electrons. The molecule has 0 bridgehead atoms. The Morgan fingerprint density at radius 1 is 1.09 bits per heavy atom. The molecule has 1 unspecified atom stereocenters. The third-order valence-electron chi connectivity index (χ3n) is 5.67. The van der Waals surface area contributed by atoms with Gasteiger partial charge in [-0.05, 0) is 62.0 Å². The molecule has 1 aliphatic heterocycles. The summed E-state index contributed by atoms with van der Waals surface area (Å²) in [6.45, 7) is 4.11. The van der Waals surface area contributed by atoms with Gasteiger partial charge in [0, 0.05) is 42.7 Å². The highest BCUT2D eigenvalue weighted by molar-refractivity contribution is 6.08. The minimum Gasteiger partial charge on any atom is -0.384 e. The smallest absolute Gasteiger partial charge is 0.296 e. The predicted octanol–water partition coefficient (Wildman–Crippen LogP) is 4.57. The topological polar surface area (TPSA) is 56.7 Å². The fraction of sp³-hybridized carbons (Fsp3) is 0.241. The van der Waals surface area contributed by atoms with Crippen molar-refractivity contribution in [2.75, 3.05) is 32.5 Å². The number of nitrogens with one attached hydrogen (secondary N) is 2. The van der Waals surface area contributed by atoms with Gasteiger partial charge in [-0.3, -0.25) is 9.79 Å². The monoisotopic (exact) mass is 450 g/mol. The van der Waals surface area contributed by atoms with Crippen molar-refractivity contribution in [3.8, 4) is 11.8 Å². The van der Waals surface area contributed by atoms with Gasteiger partial charge in [0.25, 0.3) is 5.91 Å². The third kappa shape index (κ3) is 5.72. The van der Waals surface area contributed by atoms with Gasteiger partial charge >= 0.3 is 0 Å². The van der Waals surface area contributed by atoms with Crippen LogP contribution in [0.5, 0.6) is 0 Å². The highest BCUT2D eigenvalue weighted by Crippen LogP contribution is 2.36. The van der Waals surface area contributed by atoms with Crippen LogP contribution in [-0.4, -0.2) is 43.7 Å². The number of carbonyl (C=O) groups is 1. The Morgan fingerprint density at radius 3 is 2.56 bits per heavy atom. The van der Waals surface area contributed by atoms with Crippen molar-refractivity contribution in [2.24, 2.45) is 4.99 Å². The summed E-state index contributed by atoms with van der Waals surface area (Å²) in [5.74, 6) is 5.46. The molecule has 0 spiro atoms. The number of anilines is 1. The fourth-order valence-corrected chi connectivity index (χ4v) is 4.12. The molecule has 1 atom stereocenters. The van der Waals surface area contributed by atoms with E-state index in [2.05, 4.69) is 83.9 Å². The average Bonchev–Trinajstić information content (AvgIpc) is 3.26. The molecule has 1 heterocycles. The lowest BCUT2D eigenvalue weighted by Gasteiger charge is -2.15. The molecule has 0 aromatic heterocycles. The summed E-state index contributed by atoms with van der Waals surface area (Å²) < 4.78 is 0. The maximum absolute atomic E-state index is 11.7. The van der Waals surface area contributed by atoms with Gasteiger partial charge in [-0.25, -0.2) is 0 Å². The van der Waals surface area contributed by atoms with Crippen LogP contribution in [0.3, 0.4) is 0 Å². The quantitative estimate of drug-likeness (QED) is 0.427. The maximum atomic E-state index is 11.7.